The molecule has 0 radical (unpaired) electrons. The minimum atomic E-state index is -4.63. The first kappa shape index (κ1) is 30.7. The van der Waals surface area contributed by atoms with E-state index in [-0.39, 0.29) is 35.4 Å². The Morgan fingerprint density at radius 2 is 1.93 bits per heavy atom. The molecule has 2 aliphatic rings. The van der Waals surface area contributed by atoms with E-state index < -0.39 is 23.6 Å². The van der Waals surface area contributed by atoms with E-state index in [1.54, 1.807) is 49.0 Å². The summed E-state index contributed by atoms with van der Waals surface area (Å²) in [5.41, 5.74) is 4.92. The van der Waals surface area contributed by atoms with E-state index >= 15 is 0 Å². The average Bonchev–Trinajstić information content (AvgIpc) is 3.60. The lowest BCUT2D eigenvalue weighted by molar-refractivity contribution is -0.137. The Balaban J connectivity index is 1.30. The molecule has 1 aliphatic carbocycles. The van der Waals surface area contributed by atoms with Crippen molar-refractivity contribution in [2.75, 3.05) is 17.3 Å². The van der Waals surface area contributed by atoms with Gasteiger partial charge in [-0.15, -0.1) is 0 Å². The van der Waals surface area contributed by atoms with Gasteiger partial charge in [-0.05, 0) is 87.6 Å². The van der Waals surface area contributed by atoms with Gasteiger partial charge in [0, 0.05) is 34.7 Å². The lowest BCUT2D eigenvalue weighted by atomic mass is 10.0. The fourth-order valence-electron chi connectivity index (χ4n) is 4.88. The van der Waals surface area contributed by atoms with Crippen molar-refractivity contribution in [2.24, 2.45) is 0 Å². The zero-order valence-corrected chi connectivity index (χ0v) is 25.2. The summed E-state index contributed by atoms with van der Waals surface area (Å²) in [7, 11) is 0. The lowest BCUT2D eigenvalue weighted by Crippen LogP contribution is -2.42. The fourth-order valence-corrected chi connectivity index (χ4v) is 4.88. The number of fused-ring (bicyclic) bond motifs is 1. The quantitative estimate of drug-likeness (QED) is 0.191. The number of nitrogens with one attached hydrogen (secondary N) is 3. The minimum Gasteiger partial charge on any atom is -0.461 e. The third kappa shape index (κ3) is 6.67. The van der Waals surface area contributed by atoms with Crippen LogP contribution in [-0.4, -0.2) is 49.9 Å². The van der Waals surface area contributed by atoms with Crippen molar-refractivity contribution in [3.63, 3.8) is 0 Å². The summed E-state index contributed by atoms with van der Waals surface area (Å²) >= 11 is 0. The lowest BCUT2D eigenvalue weighted by Gasteiger charge is -2.23. The number of anilines is 1. The molecule has 4 aromatic rings. The van der Waals surface area contributed by atoms with Gasteiger partial charge in [-0.3, -0.25) is 10.1 Å². The van der Waals surface area contributed by atoms with Crippen LogP contribution in [0.4, 0.5) is 18.9 Å². The highest BCUT2D eigenvalue weighted by Gasteiger charge is 2.32. The molecule has 0 saturated heterocycles. The smallest absolute Gasteiger partial charge is 0.416 e. The van der Waals surface area contributed by atoms with Crippen molar-refractivity contribution in [3.05, 3.63) is 100 Å². The highest BCUT2D eigenvalue weighted by molar-refractivity contribution is 6.04. The molecule has 3 N–H and O–H groups in total. The standard InChI is InChI=1S/C33H30F3N7O3/c1-4-46-32(45)30-27(43-29(40-30)12-11-28(41-43)38-24-8-9-24)10-7-21-13-22(6-5-19(21)2)31(44)39-25-14-23(33(34,35)36)15-26(16-25)42-17-20(3)37-18-42/h5-6,11-18,24,28,38,41H,4,8-9H2,1-3H3,(H,39,44). The molecule has 0 bridgehead atoms. The number of benzene rings is 2. The number of amides is 1. The molecule has 1 unspecified atom stereocenters. The van der Waals surface area contributed by atoms with Gasteiger partial charge in [0.1, 0.15) is 11.9 Å². The van der Waals surface area contributed by atoms with Gasteiger partial charge < -0.3 is 20.0 Å². The van der Waals surface area contributed by atoms with Crippen LogP contribution in [0.15, 0.2) is 55.0 Å². The van der Waals surface area contributed by atoms with Crippen LogP contribution in [0.3, 0.4) is 0 Å². The van der Waals surface area contributed by atoms with E-state index in [9.17, 15) is 22.8 Å². The number of rotatable bonds is 7. The number of aromatic nitrogens is 4. The molecule has 2 aromatic heterocycles. The zero-order chi connectivity index (χ0) is 32.6. The summed E-state index contributed by atoms with van der Waals surface area (Å²) in [5.74, 6) is 5.33. The summed E-state index contributed by atoms with van der Waals surface area (Å²) in [5, 5.41) is 6.04. The molecule has 2 aromatic carbocycles. The van der Waals surface area contributed by atoms with Gasteiger partial charge in [0.05, 0.1) is 24.2 Å². The predicted octanol–water partition coefficient (Wildman–Crippen LogP) is 5.18. The van der Waals surface area contributed by atoms with E-state index in [1.165, 1.54) is 17.0 Å². The monoisotopic (exact) mass is 629 g/mol. The number of carbonyl (C=O) groups is 2. The maximum Gasteiger partial charge on any atom is 0.416 e. The second-order valence-corrected chi connectivity index (χ2v) is 11.1. The Hall–Kier alpha value is -5.35. The maximum atomic E-state index is 13.7. The van der Waals surface area contributed by atoms with E-state index in [0.29, 0.717) is 28.8 Å². The van der Waals surface area contributed by atoms with Crippen molar-refractivity contribution in [1.82, 2.24) is 24.5 Å². The van der Waals surface area contributed by atoms with Gasteiger partial charge in [-0.1, -0.05) is 12.0 Å². The Morgan fingerprint density at radius 3 is 2.63 bits per heavy atom. The summed E-state index contributed by atoms with van der Waals surface area (Å²) in [6.07, 6.45) is 4.07. The van der Waals surface area contributed by atoms with Gasteiger partial charge in [0.25, 0.3) is 5.91 Å². The van der Waals surface area contributed by atoms with Crippen LogP contribution in [0, 0.1) is 25.7 Å². The van der Waals surface area contributed by atoms with Crippen LogP contribution >= 0.6 is 0 Å². The largest absolute Gasteiger partial charge is 0.461 e. The summed E-state index contributed by atoms with van der Waals surface area (Å²) < 4.78 is 49.5. The average molecular weight is 630 g/mol. The van der Waals surface area contributed by atoms with Gasteiger partial charge >= 0.3 is 12.1 Å². The van der Waals surface area contributed by atoms with Crippen LogP contribution in [0.25, 0.3) is 11.8 Å². The number of imidazole rings is 2. The number of halogens is 3. The molecule has 1 amide bonds. The SMILES string of the molecule is CCOC(=O)c1nc2n(c1C#Cc1cc(C(=O)Nc3cc(-n4cnc(C)c4)cc(C(F)(F)F)c3)ccc1C)NC(NC1CC1)C=C2. The number of aryl methyl sites for hydroxylation is 2. The van der Waals surface area contributed by atoms with Gasteiger partial charge in [0.2, 0.25) is 0 Å². The van der Waals surface area contributed by atoms with Gasteiger partial charge in [0.15, 0.2) is 11.5 Å². The Bertz CT molecular complexity index is 1930. The predicted molar refractivity (Wildman–Crippen MR) is 165 cm³/mol. The van der Waals surface area contributed by atoms with Gasteiger partial charge in [-0.25, -0.2) is 19.4 Å². The first-order valence-electron chi connectivity index (χ1n) is 14.7. The number of hydrogen-bond donors (Lipinski definition) is 3. The first-order valence-corrected chi connectivity index (χ1v) is 14.7. The number of alkyl halides is 3. The van der Waals surface area contributed by atoms with Crippen LogP contribution in [-0.2, 0) is 10.9 Å². The molecule has 0 spiro atoms. The molecule has 236 valence electrons. The van der Waals surface area contributed by atoms with Crippen LogP contribution in [0.2, 0.25) is 0 Å². The molecular formula is C33H30F3N7O3. The van der Waals surface area contributed by atoms with Crippen molar-refractivity contribution < 1.29 is 27.5 Å². The summed E-state index contributed by atoms with van der Waals surface area (Å²) in [4.78, 5) is 34.6. The molecule has 1 saturated carbocycles. The second kappa shape index (κ2) is 12.2. The molecule has 6 rings (SSSR count). The van der Waals surface area contributed by atoms with Crippen LogP contribution in [0.1, 0.15) is 74.5 Å². The van der Waals surface area contributed by atoms with E-state index in [4.69, 9.17) is 4.74 Å². The molecule has 1 aliphatic heterocycles. The second-order valence-electron chi connectivity index (χ2n) is 11.1. The fraction of sp³-hybridized carbons (Fsp3) is 0.273. The Labute approximate surface area is 262 Å². The third-order valence-electron chi connectivity index (χ3n) is 7.40. The molecule has 1 atom stereocenters. The Morgan fingerprint density at radius 1 is 1.13 bits per heavy atom. The van der Waals surface area contributed by atoms with Gasteiger partial charge in [-0.2, -0.15) is 13.2 Å². The minimum absolute atomic E-state index is 0.0344. The van der Waals surface area contributed by atoms with Crippen molar-refractivity contribution in [2.45, 2.75) is 52.0 Å². The van der Waals surface area contributed by atoms with E-state index in [0.717, 1.165) is 30.5 Å². The number of esters is 1. The molecular weight excluding hydrogens is 599 g/mol. The molecule has 1 fully saturated rings. The van der Waals surface area contributed by atoms with Crippen molar-refractivity contribution >= 4 is 23.6 Å². The normalized spacial score (nSPS) is 15.4. The number of ether oxygens (including phenoxy) is 1. The summed E-state index contributed by atoms with van der Waals surface area (Å²) in [6, 6.07) is 8.54. The van der Waals surface area contributed by atoms with E-state index in [2.05, 4.69) is 37.9 Å². The highest BCUT2D eigenvalue weighted by Crippen LogP contribution is 2.33. The van der Waals surface area contributed by atoms with Crippen LogP contribution < -0.4 is 16.1 Å². The number of hydrogen-bond acceptors (Lipinski definition) is 7. The maximum absolute atomic E-state index is 13.7. The van der Waals surface area contributed by atoms with E-state index in [1.807, 2.05) is 13.0 Å². The van der Waals surface area contributed by atoms with Crippen LogP contribution in [0.5, 0.6) is 0 Å². The Kier molecular flexibility index (Phi) is 8.14. The summed E-state index contributed by atoms with van der Waals surface area (Å²) in [6.45, 7) is 5.40. The molecule has 46 heavy (non-hydrogen) atoms. The highest BCUT2D eigenvalue weighted by atomic mass is 19.4. The number of nitrogens with zero attached hydrogens (tertiary/aromatic N) is 4. The zero-order valence-electron chi connectivity index (χ0n) is 25.2. The van der Waals surface area contributed by atoms with Crippen molar-refractivity contribution in [3.8, 4) is 17.5 Å². The van der Waals surface area contributed by atoms with Crippen molar-refractivity contribution in [1.29, 1.82) is 0 Å². The third-order valence-corrected chi connectivity index (χ3v) is 7.40. The molecule has 3 heterocycles. The topological polar surface area (TPSA) is 115 Å². The number of carbonyl (C=O) groups excluding carboxylic acids is 2. The first-order chi connectivity index (χ1) is 22.0. The molecule has 13 heteroatoms. The molecule has 10 nitrogen and oxygen atoms in total.